The van der Waals surface area contributed by atoms with Crippen LogP contribution in [0.2, 0.25) is 15.1 Å². The number of rotatable bonds is 7. The Morgan fingerprint density at radius 3 is 2.43 bits per heavy atom. The summed E-state index contributed by atoms with van der Waals surface area (Å²) < 4.78 is 19.0. The maximum Gasteiger partial charge on any atom is 0.262 e. The van der Waals surface area contributed by atoms with Gasteiger partial charge >= 0.3 is 0 Å². The van der Waals surface area contributed by atoms with Crippen LogP contribution in [0.4, 0.5) is 15.8 Å². The van der Waals surface area contributed by atoms with Gasteiger partial charge in [-0.05, 0) is 61.0 Å². The number of nitrogens with one attached hydrogen (secondary N) is 2. The molecule has 0 aliphatic heterocycles. The van der Waals surface area contributed by atoms with Crippen molar-refractivity contribution in [2.75, 3.05) is 17.2 Å². The minimum absolute atomic E-state index is 0.0236. The summed E-state index contributed by atoms with van der Waals surface area (Å²) in [4.78, 5) is 12.2. The molecular weight excluding hydrogens is 450 g/mol. The fraction of sp³-hybridized carbons (Fsp3) is 0.136. The van der Waals surface area contributed by atoms with Crippen molar-refractivity contribution in [2.24, 2.45) is 0 Å². The van der Waals surface area contributed by atoms with Gasteiger partial charge in [-0.25, -0.2) is 4.39 Å². The normalized spacial score (nSPS) is 10.6. The molecule has 0 aliphatic carbocycles. The first-order valence-electron chi connectivity index (χ1n) is 8.98. The summed E-state index contributed by atoms with van der Waals surface area (Å²) in [5.74, 6) is -0.318. The standard InChI is InChI=1S/C22H18Cl3FN2O2/c1-13-2-4-17(10-18(13)24)28-22(29)12-30-21-7-3-15(23)8-14(21)11-27-16-5-6-20(26)19(25)9-16/h2-10,27H,11-12H2,1H3,(H,28,29). The Morgan fingerprint density at radius 1 is 0.967 bits per heavy atom. The second-order valence-electron chi connectivity index (χ2n) is 6.54. The number of amides is 1. The highest BCUT2D eigenvalue weighted by atomic mass is 35.5. The third kappa shape index (κ3) is 6.02. The van der Waals surface area contributed by atoms with E-state index in [1.165, 1.54) is 12.1 Å². The fourth-order valence-electron chi connectivity index (χ4n) is 2.64. The van der Waals surface area contributed by atoms with Crippen molar-refractivity contribution in [1.82, 2.24) is 0 Å². The van der Waals surface area contributed by atoms with E-state index in [4.69, 9.17) is 39.5 Å². The average Bonchev–Trinajstić information content (AvgIpc) is 2.71. The third-order valence-corrected chi connectivity index (χ3v) is 5.17. The number of benzene rings is 3. The lowest BCUT2D eigenvalue weighted by Gasteiger charge is -2.14. The molecule has 0 aromatic heterocycles. The van der Waals surface area contributed by atoms with Crippen molar-refractivity contribution in [1.29, 1.82) is 0 Å². The van der Waals surface area contributed by atoms with Gasteiger partial charge in [0.25, 0.3) is 5.91 Å². The largest absolute Gasteiger partial charge is 0.483 e. The summed E-state index contributed by atoms with van der Waals surface area (Å²) in [6.07, 6.45) is 0. The molecule has 0 unspecified atom stereocenters. The molecule has 156 valence electrons. The van der Waals surface area contributed by atoms with E-state index >= 15 is 0 Å². The summed E-state index contributed by atoms with van der Waals surface area (Å²) in [5, 5.41) is 6.99. The van der Waals surface area contributed by atoms with E-state index < -0.39 is 5.82 Å². The Bertz CT molecular complexity index is 1080. The predicted molar refractivity (Wildman–Crippen MR) is 121 cm³/mol. The van der Waals surface area contributed by atoms with Crippen molar-refractivity contribution in [3.63, 3.8) is 0 Å². The van der Waals surface area contributed by atoms with E-state index in [9.17, 15) is 9.18 Å². The highest BCUT2D eigenvalue weighted by Gasteiger charge is 2.10. The molecule has 3 aromatic carbocycles. The van der Waals surface area contributed by atoms with Gasteiger partial charge < -0.3 is 15.4 Å². The molecule has 0 radical (unpaired) electrons. The van der Waals surface area contributed by atoms with Crippen LogP contribution < -0.4 is 15.4 Å². The Morgan fingerprint density at radius 2 is 1.70 bits per heavy atom. The summed E-state index contributed by atoms with van der Waals surface area (Å²) in [6, 6.07) is 14.7. The van der Waals surface area contributed by atoms with Crippen molar-refractivity contribution >= 4 is 52.1 Å². The molecule has 0 saturated carbocycles. The number of anilines is 2. The van der Waals surface area contributed by atoms with E-state index in [2.05, 4.69) is 10.6 Å². The maximum atomic E-state index is 13.3. The van der Waals surface area contributed by atoms with Crippen LogP contribution in [-0.4, -0.2) is 12.5 Å². The second-order valence-corrected chi connectivity index (χ2v) is 7.79. The van der Waals surface area contributed by atoms with Gasteiger partial charge in [0.05, 0.1) is 5.02 Å². The molecule has 2 N–H and O–H groups in total. The molecule has 0 heterocycles. The van der Waals surface area contributed by atoms with Gasteiger partial charge in [0.2, 0.25) is 0 Å². The second kappa shape index (κ2) is 10.0. The minimum atomic E-state index is -0.491. The number of hydrogen-bond donors (Lipinski definition) is 2. The van der Waals surface area contributed by atoms with Crippen LogP contribution in [0.5, 0.6) is 5.75 Å². The molecule has 0 spiro atoms. The zero-order valence-electron chi connectivity index (χ0n) is 15.9. The van der Waals surface area contributed by atoms with Gasteiger partial charge in [0, 0.05) is 33.5 Å². The Balaban J connectivity index is 1.63. The van der Waals surface area contributed by atoms with Crippen LogP contribution in [0.25, 0.3) is 0 Å². The molecule has 0 fully saturated rings. The van der Waals surface area contributed by atoms with Crippen LogP contribution in [0.1, 0.15) is 11.1 Å². The van der Waals surface area contributed by atoms with Crippen LogP contribution in [0, 0.1) is 12.7 Å². The number of carbonyl (C=O) groups is 1. The fourth-order valence-corrected chi connectivity index (χ4v) is 3.20. The minimum Gasteiger partial charge on any atom is -0.483 e. The topological polar surface area (TPSA) is 50.4 Å². The molecule has 1 amide bonds. The van der Waals surface area contributed by atoms with Crippen LogP contribution in [0.15, 0.2) is 54.6 Å². The van der Waals surface area contributed by atoms with Crippen molar-refractivity contribution in [3.05, 3.63) is 86.6 Å². The first-order chi connectivity index (χ1) is 14.3. The van der Waals surface area contributed by atoms with Gasteiger partial charge in [-0.3, -0.25) is 4.79 Å². The quantitative estimate of drug-likeness (QED) is 0.405. The van der Waals surface area contributed by atoms with Gasteiger partial charge in [-0.2, -0.15) is 0 Å². The predicted octanol–water partition coefficient (Wildman–Crippen LogP) is 6.72. The van der Waals surface area contributed by atoms with Gasteiger partial charge in [0.15, 0.2) is 6.61 Å². The summed E-state index contributed by atoms with van der Waals surface area (Å²) in [7, 11) is 0. The maximum absolute atomic E-state index is 13.3. The summed E-state index contributed by atoms with van der Waals surface area (Å²) in [6.45, 7) is 2.03. The molecule has 0 saturated heterocycles. The zero-order valence-corrected chi connectivity index (χ0v) is 18.2. The monoisotopic (exact) mass is 466 g/mol. The van der Waals surface area contributed by atoms with Crippen LogP contribution >= 0.6 is 34.8 Å². The molecule has 3 aromatic rings. The number of hydrogen-bond acceptors (Lipinski definition) is 3. The van der Waals surface area contributed by atoms with Crippen molar-refractivity contribution < 1.29 is 13.9 Å². The molecule has 30 heavy (non-hydrogen) atoms. The first-order valence-corrected chi connectivity index (χ1v) is 10.1. The summed E-state index contributed by atoms with van der Waals surface area (Å²) >= 11 is 18.0. The van der Waals surface area contributed by atoms with Crippen LogP contribution in [-0.2, 0) is 11.3 Å². The number of halogens is 4. The third-order valence-electron chi connectivity index (χ3n) is 4.24. The summed E-state index contributed by atoms with van der Waals surface area (Å²) in [5.41, 5.74) is 2.88. The molecule has 0 aliphatic rings. The van der Waals surface area contributed by atoms with E-state index in [1.54, 1.807) is 36.4 Å². The van der Waals surface area contributed by atoms with Gasteiger partial charge in [-0.1, -0.05) is 40.9 Å². The molecular formula is C22H18Cl3FN2O2. The molecule has 0 bridgehead atoms. The SMILES string of the molecule is Cc1ccc(NC(=O)COc2ccc(Cl)cc2CNc2ccc(F)c(Cl)c2)cc1Cl. The van der Waals surface area contributed by atoms with E-state index in [0.29, 0.717) is 33.7 Å². The van der Waals surface area contributed by atoms with Gasteiger partial charge in [0.1, 0.15) is 11.6 Å². The number of carbonyl (C=O) groups excluding carboxylic acids is 1. The van der Waals surface area contributed by atoms with Crippen molar-refractivity contribution in [3.8, 4) is 5.75 Å². The lowest BCUT2D eigenvalue weighted by atomic mass is 10.2. The highest BCUT2D eigenvalue weighted by Crippen LogP contribution is 2.26. The average molecular weight is 468 g/mol. The first kappa shape index (κ1) is 22.2. The highest BCUT2D eigenvalue weighted by molar-refractivity contribution is 6.32. The van der Waals surface area contributed by atoms with E-state index in [0.717, 1.165) is 11.1 Å². The molecule has 0 atom stereocenters. The number of ether oxygens (including phenoxy) is 1. The molecule has 4 nitrogen and oxygen atoms in total. The zero-order chi connectivity index (χ0) is 21.7. The van der Waals surface area contributed by atoms with E-state index in [1.807, 2.05) is 13.0 Å². The van der Waals surface area contributed by atoms with Crippen molar-refractivity contribution in [2.45, 2.75) is 13.5 Å². The van der Waals surface area contributed by atoms with Crippen LogP contribution in [0.3, 0.4) is 0 Å². The number of aryl methyl sites for hydroxylation is 1. The molecule has 3 rings (SSSR count). The Hall–Kier alpha value is -2.47. The Labute approximate surface area is 188 Å². The molecule has 8 heteroatoms. The lowest BCUT2D eigenvalue weighted by molar-refractivity contribution is -0.118. The van der Waals surface area contributed by atoms with Gasteiger partial charge in [-0.15, -0.1) is 0 Å². The Kier molecular flexibility index (Phi) is 7.43. The lowest BCUT2D eigenvalue weighted by Crippen LogP contribution is -2.20. The van der Waals surface area contributed by atoms with E-state index in [-0.39, 0.29) is 17.5 Å². The smallest absolute Gasteiger partial charge is 0.262 e.